The maximum atomic E-state index is 2.73. The van der Waals surface area contributed by atoms with Gasteiger partial charge in [0, 0.05) is 66.8 Å². The van der Waals surface area contributed by atoms with E-state index in [-0.39, 0.29) is 6.71 Å². The van der Waals surface area contributed by atoms with Gasteiger partial charge in [-0.3, -0.25) is 0 Å². The molecule has 0 atom stereocenters. The predicted molar refractivity (Wildman–Crippen MR) is 312 cm³/mol. The maximum absolute atomic E-state index is 2.73. The first-order valence-corrected chi connectivity index (χ1v) is 26.8. The van der Waals surface area contributed by atoms with Gasteiger partial charge in [0.2, 0.25) is 0 Å². The summed E-state index contributed by atoms with van der Waals surface area (Å²) in [6, 6.07) is 97.1. The molecule has 0 radical (unpaired) electrons. The highest BCUT2D eigenvalue weighted by atomic mass is 15.2. The second-order valence-electron chi connectivity index (χ2n) is 21.7. The van der Waals surface area contributed by atoms with E-state index >= 15 is 0 Å². The van der Waals surface area contributed by atoms with Crippen LogP contribution < -0.4 is 21.3 Å². The summed E-state index contributed by atoms with van der Waals surface area (Å²) in [6.45, 7) is -0.0397. The van der Waals surface area contributed by atoms with E-state index in [9.17, 15) is 0 Å². The van der Waals surface area contributed by atoms with Crippen LogP contribution >= 0.6 is 0 Å². The minimum Gasteiger partial charge on any atom is -0.310 e. The fraction of sp³-hybridized carbons (Fsp3) is 0.0278. The Hall–Kier alpha value is -9.64. The highest BCUT2D eigenvalue weighted by Crippen LogP contribution is 2.67. The van der Waals surface area contributed by atoms with Gasteiger partial charge in [0.05, 0.1) is 27.9 Å². The molecule has 0 amide bonds. The minimum atomic E-state index is -0.514. The molecule has 4 heterocycles. The van der Waals surface area contributed by atoms with Crippen LogP contribution in [0.2, 0.25) is 0 Å². The van der Waals surface area contributed by atoms with Crippen LogP contribution in [0.25, 0.3) is 77.9 Å². The van der Waals surface area contributed by atoms with E-state index in [0.29, 0.717) is 0 Å². The van der Waals surface area contributed by atoms with Crippen molar-refractivity contribution in [3.63, 3.8) is 0 Å². The molecule has 19 rings (SSSR count). The lowest BCUT2D eigenvalue weighted by Crippen LogP contribution is -2.59. The van der Waals surface area contributed by atoms with Crippen LogP contribution in [-0.2, 0) is 10.8 Å². The summed E-state index contributed by atoms with van der Waals surface area (Å²) in [5, 5.41) is 2.64. The van der Waals surface area contributed by atoms with Gasteiger partial charge in [-0.05, 0) is 108 Å². The average Bonchev–Trinajstić information content (AvgIpc) is 4.43. The van der Waals surface area contributed by atoms with E-state index in [1.54, 1.807) is 0 Å². The zero-order chi connectivity index (χ0) is 49.2. The summed E-state index contributed by atoms with van der Waals surface area (Å²) in [5.74, 6) is 0. The van der Waals surface area contributed by atoms with Crippen molar-refractivity contribution in [1.82, 2.24) is 9.13 Å². The van der Waals surface area contributed by atoms with Gasteiger partial charge < -0.3 is 14.0 Å². The van der Waals surface area contributed by atoms with Crippen molar-refractivity contribution in [3.05, 3.63) is 299 Å². The third-order valence-corrected chi connectivity index (χ3v) is 18.7. The number of hydrogen-bond acceptors (Lipinski definition) is 1. The largest absolute Gasteiger partial charge is 0.310 e. The van der Waals surface area contributed by atoms with Crippen LogP contribution in [0.1, 0.15) is 44.5 Å². The van der Waals surface area contributed by atoms with Crippen LogP contribution in [0.15, 0.2) is 255 Å². The lowest BCUT2D eigenvalue weighted by atomic mass is 9.34. The summed E-state index contributed by atoms with van der Waals surface area (Å²) in [4.78, 5) is 2.48. The lowest BCUT2D eigenvalue weighted by molar-refractivity contribution is 0.801. The van der Waals surface area contributed by atoms with Crippen molar-refractivity contribution in [2.45, 2.75) is 10.8 Å². The molecular weight excluding hydrogens is 918 g/mol. The molecule has 0 saturated heterocycles. The number of fused-ring (bicyclic) bond motifs is 28. The molecule has 4 aliphatic carbocycles. The maximum Gasteiger partial charge on any atom is 0.252 e. The molecule has 11 aromatic carbocycles. The van der Waals surface area contributed by atoms with E-state index < -0.39 is 10.8 Å². The number of hydrogen-bond donors (Lipinski definition) is 0. The first-order chi connectivity index (χ1) is 37.8. The highest BCUT2D eigenvalue weighted by molar-refractivity contribution is 7.00. The Morgan fingerprint density at radius 1 is 0.303 bits per heavy atom. The van der Waals surface area contributed by atoms with Crippen molar-refractivity contribution in [2.75, 3.05) is 4.90 Å². The van der Waals surface area contributed by atoms with Gasteiger partial charge in [0.1, 0.15) is 0 Å². The Morgan fingerprint density at radius 2 is 0.632 bits per heavy atom. The predicted octanol–water partition coefficient (Wildman–Crippen LogP) is 14.9. The third-order valence-electron chi connectivity index (χ3n) is 18.7. The van der Waals surface area contributed by atoms with Gasteiger partial charge in [0.25, 0.3) is 6.71 Å². The standard InChI is InChI=1S/C72H42BN3/c1-3-21-43(22-4-1)74(44-23-5-2-6-24-44)45-41-62-66-63(42-45)76-68-53(65-70(76)51-30-12-18-38-59(51)72(65)56-35-15-9-27-48(56)49-28-10-16-36-57(49)72)32-20-40-61(68)73(66)60-39-19-31-52-64-69(75(62)67(52)60)50-29-11-17-37-58(50)71(64)54-33-13-7-25-46(54)47-26-8-14-34-55(47)71/h1-42H. The van der Waals surface area contributed by atoms with E-state index in [0.717, 1.165) is 17.1 Å². The number of nitrogens with zero attached hydrogens (tertiary/aromatic N) is 3. The molecular formula is C72H42BN3. The zero-order valence-electron chi connectivity index (χ0n) is 41.2. The number of rotatable bonds is 3. The van der Waals surface area contributed by atoms with Gasteiger partial charge in [0.15, 0.2) is 0 Å². The smallest absolute Gasteiger partial charge is 0.252 e. The fourth-order valence-corrected chi connectivity index (χ4v) is 16.3. The van der Waals surface area contributed by atoms with Crippen molar-refractivity contribution >= 4 is 62.0 Å². The van der Waals surface area contributed by atoms with E-state index in [1.807, 2.05) is 0 Å². The lowest BCUT2D eigenvalue weighted by Gasteiger charge is -2.36. The van der Waals surface area contributed by atoms with Gasteiger partial charge in [-0.15, -0.1) is 0 Å². The molecule has 0 unspecified atom stereocenters. The Bertz CT molecular complexity index is 4400. The van der Waals surface area contributed by atoms with Gasteiger partial charge in [-0.2, -0.15) is 0 Å². The van der Waals surface area contributed by atoms with E-state index in [2.05, 4.69) is 269 Å². The van der Waals surface area contributed by atoms with Crippen LogP contribution in [0, 0.1) is 0 Å². The van der Waals surface area contributed by atoms with Crippen LogP contribution in [0.3, 0.4) is 0 Å². The van der Waals surface area contributed by atoms with Crippen LogP contribution in [0.5, 0.6) is 0 Å². The highest BCUT2D eigenvalue weighted by Gasteiger charge is 2.58. The topological polar surface area (TPSA) is 13.1 Å². The van der Waals surface area contributed by atoms with E-state index in [4.69, 9.17) is 0 Å². The average molecular weight is 960 g/mol. The zero-order valence-corrected chi connectivity index (χ0v) is 41.2. The Labute approximate surface area is 439 Å². The van der Waals surface area contributed by atoms with Crippen molar-refractivity contribution in [2.24, 2.45) is 0 Å². The number of benzene rings is 11. The van der Waals surface area contributed by atoms with E-state index in [1.165, 1.54) is 139 Å². The Morgan fingerprint density at radius 3 is 1.01 bits per heavy atom. The summed E-state index contributed by atoms with van der Waals surface area (Å²) in [7, 11) is 0. The van der Waals surface area contributed by atoms with Crippen molar-refractivity contribution in [3.8, 4) is 56.1 Å². The molecule has 6 aliphatic rings. The second kappa shape index (κ2) is 13.7. The summed E-state index contributed by atoms with van der Waals surface area (Å²) >= 11 is 0. The fourth-order valence-electron chi connectivity index (χ4n) is 16.3. The number of aromatic nitrogens is 2. The first kappa shape index (κ1) is 39.8. The second-order valence-corrected chi connectivity index (χ2v) is 21.7. The molecule has 2 spiro atoms. The SMILES string of the molecule is c1ccc(N(c2ccccc2)c2cc3c4c(c2)-n2c5c(c6cccc(c62)B4c2cccc4c6c(n-3c24)-c2ccccc2C62c3ccccc3-c3ccccc32)C2(c3ccccc3-c3ccccc32)c2ccccc2-5)cc1. The monoisotopic (exact) mass is 959 g/mol. The normalized spacial score (nSPS) is 14.8. The van der Waals surface area contributed by atoms with Gasteiger partial charge in [-0.1, -0.05) is 218 Å². The minimum absolute atomic E-state index is 0.0397. The Kier molecular flexibility index (Phi) is 7.20. The molecule has 0 N–H and O–H groups in total. The van der Waals surface area contributed by atoms with Crippen molar-refractivity contribution < 1.29 is 0 Å². The molecule has 13 aromatic rings. The molecule has 0 bridgehead atoms. The molecule has 4 heteroatoms. The number of para-hydroxylation sites is 4. The van der Waals surface area contributed by atoms with Gasteiger partial charge >= 0.3 is 0 Å². The summed E-state index contributed by atoms with van der Waals surface area (Å²) < 4.78 is 5.47. The van der Waals surface area contributed by atoms with Gasteiger partial charge in [-0.25, -0.2) is 0 Å². The number of anilines is 3. The molecule has 2 aromatic heterocycles. The molecule has 3 nitrogen and oxygen atoms in total. The molecule has 0 saturated carbocycles. The van der Waals surface area contributed by atoms with Crippen LogP contribution in [0.4, 0.5) is 17.1 Å². The van der Waals surface area contributed by atoms with Crippen LogP contribution in [-0.4, -0.2) is 15.8 Å². The molecule has 76 heavy (non-hydrogen) atoms. The molecule has 2 aliphatic heterocycles. The first-order valence-electron chi connectivity index (χ1n) is 26.8. The van der Waals surface area contributed by atoms with Crippen molar-refractivity contribution in [1.29, 1.82) is 0 Å². The quantitative estimate of drug-likeness (QED) is 0.161. The molecule has 348 valence electrons. The molecule has 0 fully saturated rings. The summed E-state index contributed by atoms with van der Waals surface area (Å²) in [6.07, 6.45) is 0. The summed E-state index contributed by atoms with van der Waals surface area (Å²) in [5.41, 5.74) is 32.8. The Balaban J connectivity index is 1.01. The third kappa shape index (κ3) is 4.33.